The average molecular weight is 389 g/mol. The van der Waals surface area contributed by atoms with Gasteiger partial charge in [-0.2, -0.15) is 0 Å². The quantitative estimate of drug-likeness (QED) is 0.628. The number of ketones is 1. The highest BCUT2D eigenvalue weighted by molar-refractivity contribution is 5.90. The Bertz CT molecular complexity index is 651. The van der Waals surface area contributed by atoms with Crippen molar-refractivity contribution in [3.63, 3.8) is 0 Å². The second-order valence-corrected chi connectivity index (χ2v) is 7.79. The predicted molar refractivity (Wildman–Crippen MR) is 107 cm³/mol. The third-order valence-corrected chi connectivity index (χ3v) is 5.88. The largest absolute Gasteiger partial charge is 0.465 e. The molecule has 0 aliphatic carbocycles. The van der Waals surface area contributed by atoms with Gasteiger partial charge in [-0.1, -0.05) is 30.3 Å². The number of hydrogen-bond donors (Lipinski definition) is 2. The van der Waals surface area contributed by atoms with Gasteiger partial charge in [0.25, 0.3) is 0 Å². The first-order valence-electron chi connectivity index (χ1n) is 10.4. The zero-order chi connectivity index (χ0) is 19.9. The number of nitrogens with one attached hydrogen (secondary N) is 2. The number of rotatable bonds is 9. The maximum Gasteiger partial charge on any atom is 0.323 e. The number of benzene rings is 1. The van der Waals surface area contributed by atoms with Crippen molar-refractivity contribution in [3.05, 3.63) is 35.9 Å². The first-order valence-corrected chi connectivity index (χ1v) is 10.4. The van der Waals surface area contributed by atoms with Crippen LogP contribution in [0.2, 0.25) is 0 Å². The molecule has 6 nitrogen and oxygen atoms in total. The normalized spacial score (nSPS) is 26.3. The molecule has 0 saturated carbocycles. The molecule has 0 radical (unpaired) electrons. The van der Waals surface area contributed by atoms with Gasteiger partial charge in [-0.3, -0.25) is 14.9 Å². The van der Waals surface area contributed by atoms with Crippen LogP contribution in [0, 0.1) is 11.8 Å². The highest BCUT2D eigenvalue weighted by Crippen LogP contribution is 2.30. The SMILES string of the molecule is CCOC(=O)C(CCc1ccccc1)N[C@@H](C)C(=O)C1NCC2COCCC21. The Hall–Kier alpha value is -1.76. The van der Waals surface area contributed by atoms with E-state index < -0.39 is 12.1 Å². The molecule has 2 aliphatic rings. The Morgan fingerprint density at radius 3 is 2.86 bits per heavy atom. The molecule has 4 unspecified atom stereocenters. The minimum absolute atomic E-state index is 0.128. The number of carbonyl (C=O) groups excluding carboxylic acids is 2. The third-order valence-electron chi connectivity index (χ3n) is 5.88. The standard InChI is InChI=1S/C22H32N2O4/c1-3-28-22(26)19(10-9-16-7-5-4-6-8-16)24-15(2)21(25)20-18-11-12-27-14-17(18)13-23-20/h4-8,15,17-20,23-24H,3,9-14H2,1-2H3/t15-,17?,18?,19?,20?/m0/s1. The van der Waals surface area contributed by atoms with Crippen molar-refractivity contribution in [2.24, 2.45) is 11.8 Å². The van der Waals surface area contributed by atoms with Gasteiger partial charge in [-0.05, 0) is 50.5 Å². The Kier molecular flexibility index (Phi) is 7.59. The van der Waals surface area contributed by atoms with Gasteiger partial charge < -0.3 is 14.8 Å². The van der Waals surface area contributed by atoms with Crippen molar-refractivity contribution in [1.29, 1.82) is 0 Å². The summed E-state index contributed by atoms with van der Waals surface area (Å²) in [5.74, 6) is 0.578. The lowest BCUT2D eigenvalue weighted by Crippen LogP contribution is -2.52. The molecule has 2 aliphatic heterocycles. The Labute approximate surface area is 167 Å². The average Bonchev–Trinajstić information content (AvgIpc) is 3.15. The maximum absolute atomic E-state index is 13.1. The van der Waals surface area contributed by atoms with Crippen LogP contribution >= 0.6 is 0 Å². The van der Waals surface area contributed by atoms with Gasteiger partial charge >= 0.3 is 5.97 Å². The van der Waals surface area contributed by atoms with Gasteiger partial charge in [0, 0.05) is 13.2 Å². The molecule has 2 fully saturated rings. The molecule has 3 rings (SSSR count). The molecular weight excluding hydrogens is 356 g/mol. The van der Waals surface area contributed by atoms with E-state index >= 15 is 0 Å². The molecule has 28 heavy (non-hydrogen) atoms. The van der Waals surface area contributed by atoms with Crippen molar-refractivity contribution in [3.8, 4) is 0 Å². The zero-order valence-electron chi connectivity index (χ0n) is 16.9. The fourth-order valence-corrected chi connectivity index (χ4v) is 4.32. The van der Waals surface area contributed by atoms with Crippen molar-refractivity contribution >= 4 is 11.8 Å². The van der Waals surface area contributed by atoms with Gasteiger partial charge in [0.2, 0.25) is 0 Å². The number of aryl methyl sites for hydroxylation is 1. The lowest BCUT2D eigenvalue weighted by Gasteiger charge is -2.30. The Morgan fingerprint density at radius 2 is 2.11 bits per heavy atom. The summed E-state index contributed by atoms with van der Waals surface area (Å²) in [7, 11) is 0. The maximum atomic E-state index is 13.1. The lowest BCUT2D eigenvalue weighted by atomic mass is 9.84. The van der Waals surface area contributed by atoms with E-state index in [0.29, 0.717) is 24.9 Å². The van der Waals surface area contributed by atoms with Crippen LogP contribution in [0.25, 0.3) is 0 Å². The minimum Gasteiger partial charge on any atom is -0.465 e. The Balaban J connectivity index is 1.60. The van der Waals surface area contributed by atoms with Crippen molar-refractivity contribution < 1.29 is 19.1 Å². The van der Waals surface area contributed by atoms with Crippen molar-refractivity contribution in [1.82, 2.24) is 10.6 Å². The Morgan fingerprint density at radius 1 is 1.32 bits per heavy atom. The summed E-state index contributed by atoms with van der Waals surface area (Å²) in [6.07, 6.45) is 2.26. The van der Waals surface area contributed by atoms with E-state index in [2.05, 4.69) is 10.6 Å². The smallest absolute Gasteiger partial charge is 0.323 e. The summed E-state index contributed by atoms with van der Waals surface area (Å²) in [6.45, 7) is 6.25. The van der Waals surface area contributed by atoms with Crippen LogP contribution in [0.15, 0.2) is 30.3 Å². The summed E-state index contributed by atoms with van der Waals surface area (Å²) in [6, 6.07) is 8.98. The molecule has 1 aromatic carbocycles. The first kappa shape index (κ1) is 21.0. The highest BCUT2D eigenvalue weighted by Gasteiger charge is 2.43. The molecule has 2 N–H and O–H groups in total. The van der Waals surface area contributed by atoms with Gasteiger partial charge in [0.1, 0.15) is 6.04 Å². The molecule has 0 amide bonds. The second kappa shape index (κ2) is 10.1. The van der Waals surface area contributed by atoms with Crippen LogP contribution in [-0.2, 0) is 25.5 Å². The molecule has 5 atom stereocenters. The number of ether oxygens (including phenoxy) is 2. The number of fused-ring (bicyclic) bond motifs is 1. The molecular formula is C22H32N2O4. The summed E-state index contributed by atoms with van der Waals surface area (Å²) < 4.78 is 10.8. The third kappa shape index (κ3) is 5.19. The lowest BCUT2D eigenvalue weighted by molar-refractivity contribution is -0.146. The second-order valence-electron chi connectivity index (χ2n) is 7.79. The van der Waals surface area contributed by atoms with E-state index in [9.17, 15) is 9.59 Å². The molecule has 1 aromatic rings. The van der Waals surface area contributed by atoms with Crippen LogP contribution < -0.4 is 10.6 Å². The predicted octanol–water partition coefficient (Wildman–Crippen LogP) is 1.72. The van der Waals surface area contributed by atoms with Crippen molar-refractivity contribution in [2.75, 3.05) is 26.4 Å². The van der Waals surface area contributed by atoms with E-state index in [1.54, 1.807) is 6.92 Å². The van der Waals surface area contributed by atoms with Gasteiger partial charge in [-0.15, -0.1) is 0 Å². The molecule has 2 saturated heterocycles. The van der Waals surface area contributed by atoms with E-state index in [4.69, 9.17) is 9.47 Å². The van der Waals surface area contributed by atoms with Crippen molar-refractivity contribution in [2.45, 2.75) is 51.2 Å². The van der Waals surface area contributed by atoms with Crippen LogP contribution in [0.1, 0.15) is 32.3 Å². The van der Waals surface area contributed by atoms with Crippen LogP contribution in [-0.4, -0.2) is 56.2 Å². The van der Waals surface area contributed by atoms with Crippen LogP contribution in [0.5, 0.6) is 0 Å². The summed E-state index contributed by atoms with van der Waals surface area (Å²) in [5, 5.41) is 6.63. The van der Waals surface area contributed by atoms with Gasteiger partial charge in [0.05, 0.1) is 25.3 Å². The van der Waals surface area contributed by atoms with Crippen LogP contribution in [0.3, 0.4) is 0 Å². The fourth-order valence-electron chi connectivity index (χ4n) is 4.32. The molecule has 6 heteroatoms. The zero-order valence-corrected chi connectivity index (χ0v) is 16.9. The minimum atomic E-state index is -0.494. The van der Waals surface area contributed by atoms with E-state index in [-0.39, 0.29) is 17.8 Å². The van der Waals surface area contributed by atoms with E-state index in [1.165, 1.54) is 5.56 Å². The van der Waals surface area contributed by atoms with Gasteiger partial charge in [-0.25, -0.2) is 0 Å². The summed E-state index contributed by atoms with van der Waals surface area (Å²) in [5.41, 5.74) is 1.17. The van der Waals surface area contributed by atoms with Crippen LogP contribution in [0.4, 0.5) is 0 Å². The topological polar surface area (TPSA) is 76.7 Å². The number of esters is 1. The molecule has 0 aromatic heterocycles. The summed E-state index contributed by atoms with van der Waals surface area (Å²) >= 11 is 0. The first-order chi connectivity index (χ1) is 13.6. The molecule has 0 bridgehead atoms. The number of carbonyl (C=O) groups is 2. The van der Waals surface area contributed by atoms with Gasteiger partial charge in [0.15, 0.2) is 5.78 Å². The monoisotopic (exact) mass is 388 g/mol. The molecule has 0 spiro atoms. The number of Topliss-reactive ketones (excluding diaryl/α,β-unsaturated/α-hetero) is 1. The molecule has 2 heterocycles. The number of hydrogen-bond acceptors (Lipinski definition) is 6. The van der Waals surface area contributed by atoms with E-state index in [0.717, 1.165) is 32.6 Å². The van der Waals surface area contributed by atoms with E-state index in [1.807, 2.05) is 37.3 Å². The highest BCUT2D eigenvalue weighted by atomic mass is 16.5. The fraction of sp³-hybridized carbons (Fsp3) is 0.636. The molecule has 154 valence electrons. The summed E-state index contributed by atoms with van der Waals surface area (Å²) in [4.78, 5) is 25.5.